The molecule has 0 aliphatic heterocycles. The Morgan fingerprint density at radius 2 is 2.38 bits per heavy atom. The minimum absolute atomic E-state index is 0.0946. The van der Waals surface area contributed by atoms with Gasteiger partial charge >= 0.3 is 0 Å². The fourth-order valence-corrected chi connectivity index (χ4v) is 1.61. The molecule has 0 spiro atoms. The number of fused-ring (bicyclic) bond motifs is 1. The zero-order valence-corrected chi connectivity index (χ0v) is 8.60. The van der Waals surface area contributed by atoms with Gasteiger partial charge < -0.3 is 4.42 Å². The zero-order chi connectivity index (χ0) is 11.1. The molecule has 3 aromatic heterocycles. The van der Waals surface area contributed by atoms with Crippen LogP contribution in [0.5, 0.6) is 0 Å². The first kappa shape index (κ1) is 8.96. The predicted octanol–water partition coefficient (Wildman–Crippen LogP) is 1.59. The summed E-state index contributed by atoms with van der Waals surface area (Å²) in [6, 6.07) is 5.39. The quantitative estimate of drug-likeness (QED) is 0.670. The van der Waals surface area contributed by atoms with Crippen LogP contribution in [-0.2, 0) is 0 Å². The van der Waals surface area contributed by atoms with Gasteiger partial charge in [-0.1, -0.05) is 0 Å². The SMILES string of the molecule is Cc1cnc2cc(-c3ccco3)[nH]n2c1=O. The molecule has 3 heterocycles. The number of furan rings is 1. The van der Waals surface area contributed by atoms with Crippen molar-refractivity contribution in [2.24, 2.45) is 0 Å². The fourth-order valence-electron chi connectivity index (χ4n) is 1.61. The van der Waals surface area contributed by atoms with E-state index in [2.05, 4.69) is 10.1 Å². The summed E-state index contributed by atoms with van der Waals surface area (Å²) in [5, 5.41) is 2.96. The average Bonchev–Trinajstić information content (AvgIpc) is 2.91. The Morgan fingerprint density at radius 1 is 1.50 bits per heavy atom. The maximum atomic E-state index is 11.8. The molecule has 3 aromatic rings. The lowest BCUT2D eigenvalue weighted by Crippen LogP contribution is -2.16. The van der Waals surface area contributed by atoms with Gasteiger partial charge in [0.15, 0.2) is 11.4 Å². The molecule has 0 aromatic carbocycles. The van der Waals surface area contributed by atoms with Crippen molar-refractivity contribution in [1.29, 1.82) is 0 Å². The molecule has 0 saturated heterocycles. The van der Waals surface area contributed by atoms with Crippen molar-refractivity contribution in [2.45, 2.75) is 6.92 Å². The molecule has 1 N–H and O–H groups in total. The monoisotopic (exact) mass is 215 g/mol. The van der Waals surface area contributed by atoms with E-state index in [4.69, 9.17) is 4.42 Å². The second-order valence-electron chi connectivity index (χ2n) is 3.59. The first-order valence-electron chi connectivity index (χ1n) is 4.87. The van der Waals surface area contributed by atoms with E-state index in [0.717, 1.165) is 5.69 Å². The molecule has 0 amide bonds. The molecular weight excluding hydrogens is 206 g/mol. The van der Waals surface area contributed by atoms with Crippen molar-refractivity contribution in [2.75, 3.05) is 0 Å². The van der Waals surface area contributed by atoms with E-state index < -0.39 is 0 Å². The van der Waals surface area contributed by atoms with Crippen LogP contribution in [0.15, 0.2) is 39.9 Å². The number of aromatic amines is 1. The van der Waals surface area contributed by atoms with Crippen molar-refractivity contribution in [3.63, 3.8) is 0 Å². The molecule has 0 saturated carbocycles. The highest BCUT2D eigenvalue weighted by atomic mass is 16.3. The van der Waals surface area contributed by atoms with Gasteiger partial charge in [0.05, 0.1) is 6.26 Å². The van der Waals surface area contributed by atoms with E-state index in [1.807, 2.05) is 6.07 Å². The minimum atomic E-state index is -0.0946. The highest BCUT2D eigenvalue weighted by Crippen LogP contribution is 2.18. The summed E-state index contributed by atoms with van der Waals surface area (Å²) >= 11 is 0. The normalized spacial score (nSPS) is 11.1. The maximum Gasteiger partial charge on any atom is 0.275 e. The zero-order valence-electron chi connectivity index (χ0n) is 8.60. The van der Waals surface area contributed by atoms with E-state index in [1.54, 1.807) is 31.5 Å². The molecule has 16 heavy (non-hydrogen) atoms. The lowest BCUT2D eigenvalue weighted by molar-refractivity contribution is 0.579. The van der Waals surface area contributed by atoms with E-state index in [0.29, 0.717) is 17.0 Å². The van der Waals surface area contributed by atoms with Crippen LogP contribution in [0.25, 0.3) is 17.1 Å². The highest BCUT2D eigenvalue weighted by molar-refractivity contribution is 5.58. The van der Waals surface area contributed by atoms with Crippen LogP contribution in [0.4, 0.5) is 0 Å². The third-order valence-electron chi connectivity index (χ3n) is 2.45. The number of H-pyrrole nitrogens is 1. The third-order valence-corrected chi connectivity index (χ3v) is 2.45. The fraction of sp³-hybridized carbons (Fsp3) is 0.0909. The Labute approximate surface area is 90.3 Å². The topological polar surface area (TPSA) is 63.3 Å². The van der Waals surface area contributed by atoms with Gasteiger partial charge in [0.25, 0.3) is 5.56 Å². The summed E-state index contributed by atoms with van der Waals surface area (Å²) in [6.07, 6.45) is 3.15. The first-order valence-corrected chi connectivity index (χ1v) is 4.87. The van der Waals surface area contributed by atoms with Gasteiger partial charge in [-0.2, -0.15) is 0 Å². The molecular formula is C11H9N3O2. The van der Waals surface area contributed by atoms with E-state index >= 15 is 0 Å². The highest BCUT2D eigenvalue weighted by Gasteiger charge is 2.08. The van der Waals surface area contributed by atoms with Crippen molar-refractivity contribution in [3.05, 3.63) is 46.6 Å². The lowest BCUT2D eigenvalue weighted by Gasteiger charge is -1.93. The van der Waals surface area contributed by atoms with E-state index in [1.165, 1.54) is 4.52 Å². The van der Waals surface area contributed by atoms with Gasteiger partial charge in [-0.05, 0) is 19.1 Å². The molecule has 0 unspecified atom stereocenters. The van der Waals surface area contributed by atoms with Crippen LogP contribution in [0.3, 0.4) is 0 Å². The standard InChI is InChI=1S/C11H9N3O2/c1-7-6-12-10-5-8(9-3-2-4-16-9)13-14(10)11(7)15/h2-6,13H,1H3. The number of rotatable bonds is 1. The summed E-state index contributed by atoms with van der Waals surface area (Å²) in [7, 11) is 0. The molecule has 5 nitrogen and oxygen atoms in total. The summed E-state index contributed by atoms with van der Waals surface area (Å²) in [5.41, 5.74) is 1.83. The average molecular weight is 215 g/mol. The molecule has 80 valence electrons. The van der Waals surface area contributed by atoms with Crippen LogP contribution >= 0.6 is 0 Å². The Kier molecular flexibility index (Phi) is 1.73. The van der Waals surface area contributed by atoms with E-state index in [-0.39, 0.29) is 5.56 Å². The molecule has 0 aliphatic carbocycles. The lowest BCUT2D eigenvalue weighted by atomic mass is 10.3. The molecule has 0 fully saturated rings. The van der Waals surface area contributed by atoms with Crippen LogP contribution in [0.2, 0.25) is 0 Å². The van der Waals surface area contributed by atoms with Gasteiger partial charge in [0.1, 0.15) is 5.69 Å². The summed E-state index contributed by atoms with van der Waals surface area (Å²) in [5.74, 6) is 0.683. The Bertz CT molecular complexity index is 692. The molecule has 0 bridgehead atoms. The predicted molar refractivity (Wildman–Crippen MR) is 58.3 cm³/mol. The molecule has 5 heteroatoms. The van der Waals surface area contributed by atoms with Gasteiger partial charge in [0.2, 0.25) is 0 Å². The Morgan fingerprint density at radius 3 is 3.12 bits per heavy atom. The van der Waals surface area contributed by atoms with E-state index in [9.17, 15) is 4.79 Å². The Balaban J connectivity index is 2.32. The van der Waals surface area contributed by atoms with Gasteiger partial charge in [-0.15, -0.1) is 0 Å². The number of hydrogen-bond acceptors (Lipinski definition) is 3. The molecule has 3 rings (SSSR count). The summed E-state index contributed by atoms with van der Waals surface area (Å²) < 4.78 is 6.65. The maximum absolute atomic E-state index is 11.8. The Hall–Kier alpha value is -2.30. The number of nitrogens with one attached hydrogen (secondary N) is 1. The molecule has 0 radical (unpaired) electrons. The third kappa shape index (κ3) is 1.18. The van der Waals surface area contributed by atoms with Gasteiger partial charge in [-0.3, -0.25) is 9.89 Å². The van der Waals surface area contributed by atoms with Crippen LogP contribution in [0, 0.1) is 6.92 Å². The van der Waals surface area contributed by atoms with Crippen LogP contribution in [-0.4, -0.2) is 14.6 Å². The smallest absolute Gasteiger partial charge is 0.275 e. The number of hydrogen-bond donors (Lipinski definition) is 1. The van der Waals surface area contributed by atoms with Gasteiger partial charge in [-0.25, -0.2) is 9.50 Å². The summed E-state index contributed by atoms with van der Waals surface area (Å²) in [4.78, 5) is 15.9. The minimum Gasteiger partial charge on any atom is -0.463 e. The number of aryl methyl sites for hydroxylation is 1. The largest absolute Gasteiger partial charge is 0.463 e. The first-order chi connectivity index (χ1) is 7.75. The van der Waals surface area contributed by atoms with Crippen molar-refractivity contribution < 1.29 is 4.42 Å². The van der Waals surface area contributed by atoms with Crippen molar-refractivity contribution >= 4 is 5.65 Å². The second kappa shape index (κ2) is 3.10. The second-order valence-corrected chi connectivity index (χ2v) is 3.59. The molecule has 0 atom stereocenters. The van der Waals surface area contributed by atoms with Crippen molar-refractivity contribution in [1.82, 2.24) is 14.6 Å². The summed E-state index contributed by atoms with van der Waals surface area (Å²) in [6.45, 7) is 1.73. The van der Waals surface area contributed by atoms with Crippen LogP contribution < -0.4 is 5.56 Å². The van der Waals surface area contributed by atoms with Crippen molar-refractivity contribution in [3.8, 4) is 11.5 Å². The number of aromatic nitrogens is 3. The molecule has 0 aliphatic rings. The van der Waals surface area contributed by atoms with Crippen LogP contribution in [0.1, 0.15) is 5.56 Å². The van der Waals surface area contributed by atoms with Gasteiger partial charge in [0, 0.05) is 17.8 Å². The number of nitrogens with zero attached hydrogens (tertiary/aromatic N) is 2.